The number of nitrogens with two attached hydrogens (primary N) is 1. The fourth-order valence-electron chi connectivity index (χ4n) is 2.17. The molecule has 2 heterocycles. The van der Waals surface area contributed by atoms with E-state index in [1.807, 2.05) is 6.92 Å². The second-order valence-electron chi connectivity index (χ2n) is 4.72. The molecule has 1 aliphatic heterocycles. The molecule has 1 unspecified atom stereocenters. The van der Waals surface area contributed by atoms with Gasteiger partial charge >= 0.3 is 5.97 Å². The number of aromatic carboxylic acids is 1. The van der Waals surface area contributed by atoms with Crippen molar-refractivity contribution in [2.75, 3.05) is 23.0 Å². The number of nitrogens with zero attached hydrogens (tertiary/aromatic N) is 2. The van der Waals surface area contributed by atoms with Gasteiger partial charge in [-0.2, -0.15) is 5.10 Å². The maximum absolute atomic E-state index is 11.5. The molecular weight excluding hydrogens is 302 g/mol. The lowest BCUT2D eigenvalue weighted by Crippen LogP contribution is -2.15. The van der Waals surface area contributed by atoms with Crippen LogP contribution in [-0.4, -0.2) is 46.5 Å². The molecule has 2 rings (SSSR count). The Kier molecular flexibility index (Phi) is 4.28. The highest BCUT2D eigenvalue weighted by molar-refractivity contribution is 7.99. The van der Waals surface area contributed by atoms with Crippen molar-refractivity contribution in [3.63, 3.8) is 0 Å². The van der Waals surface area contributed by atoms with Crippen molar-refractivity contribution in [2.24, 2.45) is 0 Å². The molecule has 1 aromatic heterocycles. The van der Waals surface area contributed by atoms with Crippen LogP contribution in [0.4, 0.5) is 5.82 Å². The Morgan fingerprint density at radius 1 is 1.60 bits per heavy atom. The Morgan fingerprint density at radius 2 is 2.30 bits per heavy atom. The molecule has 9 heteroatoms. The summed E-state index contributed by atoms with van der Waals surface area (Å²) in [4.78, 5) is 11.3. The summed E-state index contributed by atoms with van der Waals surface area (Å²) in [6, 6.07) is -0.367. The Morgan fingerprint density at radius 3 is 2.80 bits per heavy atom. The highest BCUT2D eigenvalue weighted by Gasteiger charge is 2.33. The standard InChI is InChI=1S/C11H17N3O4S2/c1-2-4-19-10-8(11(15)16)9(12)14(13-10)7-3-5-20(17,18)6-7/h7H,2-6,12H2,1H3,(H,15,16). The smallest absolute Gasteiger partial charge is 0.342 e. The molecule has 1 aliphatic rings. The maximum atomic E-state index is 11.5. The molecule has 112 valence electrons. The highest BCUT2D eigenvalue weighted by atomic mass is 32.2. The van der Waals surface area contributed by atoms with Gasteiger partial charge in [0.25, 0.3) is 0 Å². The minimum Gasteiger partial charge on any atom is -0.477 e. The molecule has 1 atom stereocenters. The van der Waals surface area contributed by atoms with Gasteiger partial charge in [0.15, 0.2) is 9.84 Å². The quantitative estimate of drug-likeness (QED) is 0.779. The van der Waals surface area contributed by atoms with Gasteiger partial charge < -0.3 is 10.8 Å². The number of aromatic nitrogens is 2. The van der Waals surface area contributed by atoms with Crippen molar-refractivity contribution < 1.29 is 18.3 Å². The molecule has 0 aliphatic carbocycles. The average molecular weight is 319 g/mol. The Labute approximate surface area is 121 Å². The largest absolute Gasteiger partial charge is 0.477 e. The molecule has 0 saturated carbocycles. The lowest BCUT2D eigenvalue weighted by atomic mass is 10.2. The van der Waals surface area contributed by atoms with Crippen LogP contribution in [-0.2, 0) is 9.84 Å². The van der Waals surface area contributed by atoms with Crippen molar-refractivity contribution in [3.05, 3.63) is 5.56 Å². The molecule has 1 aromatic rings. The average Bonchev–Trinajstić information content (AvgIpc) is 2.86. The molecule has 0 spiro atoms. The zero-order valence-corrected chi connectivity index (χ0v) is 12.7. The monoisotopic (exact) mass is 319 g/mol. The lowest BCUT2D eigenvalue weighted by Gasteiger charge is -2.10. The summed E-state index contributed by atoms with van der Waals surface area (Å²) in [5.74, 6) is -0.293. The van der Waals surface area contributed by atoms with Crippen molar-refractivity contribution in [1.82, 2.24) is 9.78 Å². The van der Waals surface area contributed by atoms with Crippen LogP contribution in [0.15, 0.2) is 5.03 Å². The molecular formula is C11H17N3O4S2. The van der Waals surface area contributed by atoms with Gasteiger partial charge in [-0.05, 0) is 18.6 Å². The second kappa shape index (κ2) is 5.65. The van der Waals surface area contributed by atoms with Gasteiger partial charge in [-0.1, -0.05) is 6.92 Å². The van der Waals surface area contributed by atoms with Gasteiger partial charge in [-0.15, -0.1) is 11.8 Å². The number of thioether (sulfide) groups is 1. The van der Waals surface area contributed by atoms with Crippen molar-refractivity contribution >= 4 is 33.4 Å². The second-order valence-corrected chi connectivity index (χ2v) is 8.03. The van der Waals surface area contributed by atoms with Gasteiger partial charge in [-0.25, -0.2) is 17.9 Å². The van der Waals surface area contributed by atoms with E-state index < -0.39 is 15.8 Å². The first-order valence-corrected chi connectivity index (χ1v) is 9.11. The zero-order valence-electron chi connectivity index (χ0n) is 11.1. The van der Waals surface area contributed by atoms with Crippen LogP contribution in [0.25, 0.3) is 0 Å². The topological polar surface area (TPSA) is 115 Å². The van der Waals surface area contributed by atoms with Gasteiger partial charge in [0.05, 0.1) is 17.5 Å². The Hall–Kier alpha value is -1.22. The molecule has 0 aromatic carbocycles. The summed E-state index contributed by atoms with van der Waals surface area (Å²) < 4.78 is 24.4. The molecule has 0 amide bonds. The number of sulfone groups is 1. The van der Waals surface area contributed by atoms with Crippen LogP contribution >= 0.6 is 11.8 Å². The first-order chi connectivity index (χ1) is 9.35. The number of hydrogen-bond acceptors (Lipinski definition) is 6. The third-order valence-electron chi connectivity index (χ3n) is 3.13. The number of anilines is 1. The van der Waals surface area contributed by atoms with Gasteiger partial charge in [0.1, 0.15) is 16.4 Å². The van der Waals surface area contributed by atoms with Crippen LogP contribution < -0.4 is 5.73 Å². The van der Waals surface area contributed by atoms with E-state index in [-0.39, 0.29) is 28.9 Å². The molecule has 7 nitrogen and oxygen atoms in total. The Balaban J connectivity index is 2.37. The third kappa shape index (κ3) is 2.93. The van der Waals surface area contributed by atoms with Crippen molar-refractivity contribution in [3.8, 4) is 0 Å². The first-order valence-electron chi connectivity index (χ1n) is 6.30. The van der Waals surface area contributed by atoms with Crippen LogP contribution in [0.2, 0.25) is 0 Å². The van der Waals surface area contributed by atoms with Crippen molar-refractivity contribution in [1.29, 1.82) is 0 Å². The highest BCUT2D eigenvalue weighted by Crippen LogP contribution is 2.32. The number of carboxylic acid groups (broad SMARTS) is 1. The zero-order chi connectivity index (χ0) is 14.9. The molecule has 1 fully saturated rings. The summed E-state index contributed by atoms with van der Waals surface area (Å²) in [5, 5.41) is 13.8. The number of carbonyl (C=O) groups is 1. The Bertz CT molecular complexity index is 624. The number of hydrogen-bond donors (Lipinski definition) is 2. The molecule has 1 saturated heterocycles. The van der Waals surface area contributed by atoms with Gasteiger partial charge in [-0.3, -0.25) is 0 Å². The predicted molar refractivity (Wildman–Crippen MR) is 76.9 cm³/mol. The van der Waals surface area contributed by atoms with Crippen LogP contribution in [0.3, 0.4) is 0 Å². The van der Waals surface area contributed by atoms with E-state index in [0.717, 1.165) is 12.2 Å². The SMILES string of the molecule is CCCSc1nn(C2CCS(=O)(=O)C2)c(N)c1C(=O)O. The molecule has 20 heavy (non-hydrogen) atoms. The number of nitrogen functional groups attached to an aromatic ring is 1. The van der Waals surface area contributed by atoms with E-state index in [1.54, 1.807) is 0 Å². The maximum Gasteiger partial charge on any atom is 0.342 e. The normalized spacial score (nSPS) is 21.1. The molecule has 3 N–H and O–H groups in total. The fraction of sp³-hybridized carbons (Fsp3) is 0.636. The molecule has 0 radical (unpaired) electrons. The summed E-state index contributed by atoms with van der Waals surface area (Å²) in [7, 11) is -3.07. The summed E-state index contributed by atoms with van der Waals surface area (Å²) in [6.45, 7) is 1.98. The summed E-state index contributed by atoms with van der Waals surface area (Å²) in [6.07, 6.45) is 1.31. The van der Waals surface area contributed by atoms with E-state index in [9.17, 15) is 18.3 Å². The lowest BCUT2D eigenvalue weighted by molar-refractivity contribution is 0.0694. The van der Waals surface area contributed by atoms with E-state index in [0.29, 0.717) is 11.4 Å². The fourth-order valence-corrected chi connectivity index (χ4v) is 4.74. The minimum atomic E-state index is -3.07. The first kappa shape index (κ1) is 15.2. The van der Waals surface area contributed by atoms with E-state index in [2.05, 4.69) is 5.10 Å². The predicted octanol–water partition coefficient (Wildman–Crippen LogP) is 1.03. The minimum absolute atomic E-state index is 0.0206. The van der Waals surface area contributed by atoms with E-state index in [4.69, 9.17) is 5.73 Å². The van der Waals surface area contributed by atoms with E-state index >= 15 is 0 Å². The summed E-state index contributed by atoms with van der Waals surface area (Å²) >= 11 is 1.33. The van der Waals surface area contributed by atoms with Crippen LogP contribution in [0.1, 0.15) is 36.2 Å². The van der Waals surface area contributed by atoms with Gasteiger partial charge in [0, 0.05) is 0 Å². The van der Waals surface area contributed by atoms with Crippen LogP contribution in [0.5, 0.6) is 0 Å². The van der Waals surface area contributed by atoms with Crippen molar-refractivity contribution in [2.45, 2.75) is 30.8 Å². The third-order valence-corrected chi connectivity index (χ3v) is 6.05. The number of rotatable bonds is 5. The number of carboxylic acids is 1. The van der Waals surface area contributed by atoms with Crippen LogP contribution in [0, 0.1) is 0 Å². The molecule has 0 bridgehead atoms. The van der Waals surface area contributed by atoms with E-state index in [1.165, 1.54) is 16.4 Å². The van der Waals surface area contributed by atoms with Gasteiger partial charge in [0.2, 0.25) is 0 Å². The summed E-state index contributed by atoms with van der Waals surface area (Å²) in [5.41, 5.74) is 5.84.